The van der Waals surface area contributed by atoms with Crippen LogP contribution in [0.5, 0.6) is 0 Å². The van der Waals surface area contributed by atoms with Crippen LogP contribution in [0.4, 0.5) is 5.69 Å². The van der Waals surface area contributed by atoms with Gasteiger partial charge in [-0.1, -0.05) is 42.5 Å². The molecule has 2 aromatic carbocycles. The van der Waals surface area contributed by atoms with Crippen LogP contribution in [-0.2, 0) is 23.9 Å². The quantitative estimate of drug-likeness (QED) is 0.255. The zero-order valence-electron chi connectivity index (χ0n) is 17.1. The van der Waals surface area contributed by atoms with E-state index in [0.717, 1.165) is 16.2 Å². The van der Waals surface area contributed by atoms with Crippen molar-refractivity contribution in [2.45, 2.75) is 20.3 Å². The van der Waals surface area contributed by atoms with Crippen molar-refractivity contribution in [1.82, 2.24) is 0 Å². The molecule has 0 saturated heterocycles. The standard InChI is InChI=1S/C23H25NO6/c1-4-14-30-24(21(25)16-22(26)28-5-2)20-13-12-18(17-10-8-7-9-11-17)15-19(20)23(27)29-6-3/h4,7-13,15H,1,5-6,14,16H2,2-3H3. The molecule has 7 heteroatoms. The third-order valence-electron chi connectivity index (χ3n) is 3.97. The summed E-state index contributed by atoms with van der Waals surface area (Å²) in [6, 6.07) is 14.4. The minimum absolute atomic E-state index is 0.00271. The first-order chi connectivity index (χ1) is 14.5. The molecule has 7 nitrogen and oxygen atoms in total. The van der Waals surface area contributed by atoms with Gasteiger partial charge in [-0.05, 0) is 37.1 Å². The van der Waals surface area contributed by atoms with Crippen molar-refractivity contribution in [2.24, 2.45) is 0 Å². The van der Waals surface area contributed by atoms with Crippen LogP contribution < -0.4 is 5.06 Å². The fourth-order valence-electron chi connectivity index (χ4n) is 2.71. The molecule has 0 aliphatic carbocycles. The van der Waals surface area contributed by atoms with Gasteiger partial charge in [0, 0.05) is 0 Å². The van der Waals surface area contributed by atoms with Crippen LogP contribution in [0.15, 0.2) is 61.2 Å². The second-order valence-electron chi connectivity index (χ2n) is 6.07. The van der Waals surface area contributed by atoms with Crippen LogP contribution >= 0.6 is 0 Å². The Balaban J connectivity index is 2.49. The molecular weight excluding hydrogens is 386 g/mol. The second kappa shape index (κ2) is 11.5. The summed E-state index contributed by atoms with van der Waals surface area (Å²) in [7, 11) is 0. The SMILES string of the molecule is C=CCON(C(=O)CC(=O)OCC)c1ccc(-c2ccccc2)cc1C(=O)OCC. The first-order valence-electron chi connectivity index (χ1n) is 9.60. The molecule has 0 saturated carbocycles. The van der Waals surface area contributed by atoms with Crippen LogP contribution in [0.25, 0.3) is 11.1 Å². The molecule has 0 spiro atoms. The maximum absolute atomic E-state index is 12.7. The lowest BCUT2D eigenvalue weighted by molar-refractivity contribution is -0.146. The van der Waals surface area contributed by atoms with Crippen molar-refractivity contribution in [3.05, 3.63) is 66.7 Å². The number of anilines is 1. The fraction of sp³-hybridized carbons (Fsp3) is 0.261. The topological polar surface area (TPSA) is 82.1 Å². The molecule has 2 rings (SSSR count). The fourth-order valence-corrected chi connectivity index (χ4v) is 2.71. The van der Waals surface area contributed by atoms with E-state index in [1.54, 1.807) is 32.0 Å². The number of hydrogen-bond acceptors (Lipinski definition) is 6. The molecule has 0 heterocycles. The van der Waals surface area contributed by atoms with Gasteiger partial charge in [0.1, 0.15) is 6.42 Å². The molecule has 0 bridgehead atoms. The zero-order valence-corrected chi connectivity index (χ0v) is 17.1. The van der Waals surface area contributed by atoms with E-state index >= 15 is 0 Å². The molecule has 1 amide bonds. The maximum atomic E-state index is 12.7. The minimum atomic E-state index is -0.687. The van der Waals surface area contributed by atoms with Gasteiger partial charge in [-0.2, -0.15) is 5.06 Å². The highest BCUT2D eigenvalue weighted by Crippen LogP contribution is 2.29. The van der Waals surface area contributed by atoms with Crippen LogP contribution in [0.2, 0.25) is 0 Å². The average Bonchev–Trinajstić information content (AvgIpc) is 2.75. The molecule has 0 aromatic heterocycles. The zero-order chi connectivity index (χ0) is 21.9. The maximum Gasteiger partial charge on any atom is 0.340 e. The summed E-state index contributed by atoms with van der Waals surface area (Å²) < 4.78 is 10.0. The summed E-state index contributed by atoms with van der Waals surface area (Å²) in [6.45, 7) is 7.22. The van der Waals surface area contributed by atoms with E-state index in [0.29, 0.717) is 0 Å². The second-order valence-corrected chi connectivity index (χ2v) is 6.07. The van der Waals surface area contributed by atoms with Gasteiger partial charge < -0.3 is 9.47 Å². The monoisotopic (exact) mass is 411 g/mol. The molecule has 0 N–H and O–H groups in total. The molecule has 30 heavy (non-hydrogen) atoms. The predicted octanol–water partition coefficient (Wildman–Crippen LogP) is 3.93. The number of carbonyl (C=O) groups excluding carboxylic acids is 3. The number of nitrogens with zero attached hydrogens (tertiary/aromatic N) is 1. The molecule has 158 valence electrons. The lowest BCUT2D eigenvalue weighted by Crippen LogP contribution is -2.34. The third kappa shape index (κ3) is 6.02. The van der Waals surface area contributed by atoms with Gasteiger partial charge in [0.05, 0.1) is 31.1 Å². The van der Waals surface area contributed by atoms with E-state index in [2.05, 4.69) is 6.58 Å². The number of esters is 2. The Labute approximate surface area is 175 Å². The van der Waals surface area contributed by atoms with E-state index in [1.165, 1.54) is 6.08 Å². The molecule has 0 aliphatic rings. The summed E-state index contributed by atoms with van der Waals surface area (Å²) in [5.74, 6) is -1.97. The smallest absolute Gasteiger partial charge is 0.340 e. The van der Waals surface area contributed by atoms with Crippen LogP contribution in [0.1, 0.15) is 30.6 Å². The van der Waals surface area contributed by atoms with E-state index in [-0.39, 0.29) is 31.1 Å². The summed E-state index contributed by atoms with van der Waals surface area (Å²) in [6.07, 6.45) is 0.917. The van der Waals surface area contributed by atoms with E-state index in [1.807, 2.05) is 30.3 Å². The Morgan fingerprint density at radius 3 is 2.30 bits per heavy atom. The highest BCUT2D eigenvalue weighted by atomic mass is 16.7. The van der Waals surface area contributed by atoms with E-state index in [9.17, 15) is 14.4 Å². The highest BCUT2D eigenvalue weighted by molar-refractivity contribution is 6.06. The lowest BCUT2D eigenvalue weighted by atomic mass is 10.0. The van der Waals surface area contributed by atoms with Gasteiger partial charge in [-0.25, -0.2) is 4.79 Å². The van der Waals surface area contributed by atoms with Crippen LogP contribution in [0, 0.1) is 0 Å². The first-order valence-corrected chi connectivity index (χ1v) is 9.60. The van der Waals surface area contributed by atoms with Gasteiger partial charge in [0.2, 0.25) is 0 Å². The van der Waals surface area contributed by atoms with Crippen molar-refractivity contribution >= 4 is 23.5 Å². The Morgan fingerprint density at radius 1 is 0.967 bits per heavy atom. The molecule has 0 atom stereocenters. The molecule has 0 aliphatic heterocycles. The number of hydroxylamine groups is 1. The van der Waals surface area contributed by atoms with Crippen LogP contribution in [-0.4, -0.2) is 37.7 Å². The van der Waals surface area contributed by atoms with Crippen molar-refractivity contribution in [3.63, 3.8) is 0 Å². The number of ether oxygens (including phenoxy) is 2. The van der Waals surface area contributed by atoms with E-state index in [4.69, 9.17) is 14.3 Å². The normalized spacial score (nSPS) is 10.2. The first kappa shape index (κ1) is 22.8. The Hall–Kier alpha value is -3.45. The molecule has 0 radical (unpaired) electrons. The van der Waals surface area contributed by atoms with Crippen molar-refractivity contribution < 1.29 is 28.7 Å². The summed E-state index contributed by atoms with van der Waals surface area (Å²) in [5.41, 5.74) is 1.97. The Bertz CT molecular complexity index is 894. The van der Waals surface area contributed by atoms with Gasteiger partial charge >= 0.3 is 11.9 Å². The largest absolute Gasteiger partial charge is 0.466 e. The average molecular weight is 411 g/mol. The number of rotatable bonds is 10. The summed E-state index contributed by atoms with van der Waals surface area (Å²) in [5, 5.41) is 0.916. The Morgan fingerprint density at radius 2 is 1.67 bits per heavy atom. The molecular formula is C23H25NO6. The number of hydrogen-bond donors (Lipinski definition) is 0. The number of amides is 1. The lowest BCUT2D eigenvalue weighted by Gasteiger charge is -2.23. The van der Waals surface area contributed by atoms with Gasteiger partial charge in [-0.15, -0.1) is 6.58 Å². The summed E-state index contributed by atoms with van der Waals surface area (Å²) in [4.78, 5) is 42.7. The molecule has 0 unspecified atom stereocenters. The van der Waals surface area contributed by atoms with Gasteiger partial charge in [0.15, 0.2) is 0 Å². The van der Waals surface area contributed by atoms with Crippen molar-refractivity contribution in [3.8, 4) is 11.1 Å². The molecule has 0 fully saturated rings. The molecule has 2 aromatic rings. The van der Waals surface area contributed by atoms with Gasteiger partial charge in [-0.3, -0.25) is 14.4 Å². The highest BCUT2D eigenvalue weighted by Gasteiger charge is 2.26. The van der Waals surface area contributed by atoms with Gasteiger partial charge in [0.25, 0.3) is 5.91 Å². The van der Waals surface area contributed by atoms with E-state index < -0.39 is 24.3 Å². The minimum Gasteiger partial charge on any atom is -0.466 e. The van der Waals surface area contributed by atoms with Crippen molar-refractivity contribution in [1.29, 1.82) is 0 Å². The number of benzene rings is 2. The number of carbonyl (C=O) groups is 3. The van der Waals surface area contributed by atoms with Crippen molar-refractivity contribution in [2.75, 3.05) is 24.9 Å². The van der Waals surface area contributed by atoms with Crippen LogP contribution in [0.3, 0.4) is 0 Å². The summed E-state index contributed by atoms with van der Waals surface area (Å²) >= 11 is 0. The Kier molecular flexibility index (Phi) is 8.77. The third-order valence-corrected chi connectivity index (χ3v) is 3.97. The predicted molar refractivity (Wildman–Crippen MR) is 113 cm³/mol.